The molecule has 1 rings (SSSR count). The van der Waals surface area contributed by atoms with E-state index in [1.807, 2.05) is 0 Å². The number of carboxylic acid groups (broad SMARTS) is 1. The van der Waals surface area contributed by atoms with E-state index in [-0.39, 0.29) is 5.69 Å². The standard InChI is InChI=1S/C7H5BrFNO2/c8-3-1-4(9)6(7(11)12)5(10)2-3/h1-2H,10H2,(H,11,12). The first-order chi connectivity index (χ1) is 5.52. The summed E-state index contributed by atoms with van der Waals surface area (Å²) in [6.07, 6.45) is 0. The van der Waals surface area contributed by atoms with Crippen molar-refractivity contribution in [3.05, 3.63) is 28.0 Å². The van der Waals surface area contributed by atoms with Gasteiger partial charge in [-0.3, -0.25) is 0 Å². The Morgan fingerprint density at radius 2 is 2.17 bits per heavy atom. The predicted molar refractivity (Wildman–Crippen MR) is 45.5 cm³/mol. The van der Waals surface area contributed by atoms with E-state index in [2.05, 4.69) is 15.9 Å². The third-order valence-corrected chi connectivity index (χ3v) is 1.76. The second-order valence-electron chi connectivity index (χ2n) is 2.16. The lowest BCUT2D eigenvalue weighted by atomic mass is 10.2. The molecule has 0 bridgehead atoms. The molecule has 0 atom stereocenters. The average molecular weight is 234 g/mol. The van der Waals surface area contributed by atoms with Gasteiger partial charge in [0, 0.05) is 4.47 Å². The molecule has 0 amide bonds. The molecule has 5 heteroatoms. The van der Waals surface area contributed by atoms with Crippen LogP contribution in [0.15, 0.2) is 16.6 Å². The molecule has 64 valence electrons. The van der Waals surface area contributed by atoms with Crippen LogP contribution >= 0.6 is 15.9 Å². The van der Waals surface area contributed by atoms with Crippen molar-refractivity contribution in [1.29, 1.82) is 0 Å². The average Bonchev–Trinajstić information content (AvgIpc) is 1.82. The molecule has 0 saturated carbocycles. The van der Waals surface area contributed by atoms with E-state index in [1.54, 1.807) is 0 Å². The van der Waals surface area contributed by atoms with Crippen molar-refractivity contribution in [2.75, 3.05) is 5.73 Å². The highest BCUT2D eigenvalue weighted by Gasteiger charge is 2.14. The van der Waals surface area contributed by atoms with Gasteiger partial charge in [0.05, 0.1) is 5.69 Å². The summed E-state index contributed by atoms with van der Waals surface area (Å²) in [5.41, 5.74) is 4.70. The minimum atomic E-state index is -1.36. The highest BCUT2D eigenvalue weighted by atomic mass is 79.9. The fourth-order valence-electron chi connectivity index (χ4n) is 0.819. The van der Waals surface area contributed by atoms with Crippen molar-refractivity contribution in [2.24, 2.45) is 0 Å². The lowest BCUT2D eigenvalue weighted by Gasteiger charge is -2.01. The number of nitrogen functional groups attached to an aromatic ring is 1. The van der Waals surface area contributed by atoms with Crippen LogP contribution < -0.4 is 5.73 Å². The lowest BCUT2D eigenvalue weighted by Crippen LogP contribution is -2.05. The van der Waals surface area contributed by atoms with Crippen LogP contribution in [0.5, 0.6) is 0 Å². The zero-order valence-corrected chi connectivity index (χ0v) is 7.43. The van der Waals surface area contributed by atoms with Gasteiger partial charge in [0.25, 0.3) is 0 Å². The van der Waals surface area contributed by atoms with Gasteiger partial charge in [-0.15, -0.1) is 0 Å². The number of nitrogens with two attached hydrogens (primary N) is 1. The Hall–Kier alpha value is -1.10. The van der Waals surface area contributed by atoms with Gasteiger partial charge in [-0.25, -0.2) is 9.18 Å². The summed E-state index contributed by atoms with van der Waals surface area (Å²) in [6, 6.07) is 2.40. The highest BCUT2D eigenvalue weighted by molar-refractivity contribution is 9.10. The molecular formula is C7H5BrFNO2. The quantitative estimate of drug-likeness (QED) is 0.729. The van der Waals surface area contributed by atoms with Crippen LogP contribution in [0.1, 0.15) is 10.4 Å². The summed E-state index contributed by atoms with van der Waals surface area (Å²) in [7, 11) is 0. The van der Waals surface area contributed by atoms with Crippen LogP contribution in [0.3, 0.4) is 0 Å². The first-order valence-corrected chi connectivity index (χ1v) is 3.79. The van der Waals surface area contributed by atoms with Crippen LogP contribution in [0.25, 0.3) is 0 Å². The number of halogens is 2. The molecule has 0 aromatic heterocycles. The maximum Gasteiger partial charge on any atom is 0.340 e. The van der Waals surface area contributed by atoms with Crippen LogP contribution in [0.2, 0.25) is 0 Å². The van der Waals surface area contributed by atoms with Crippen molar-refractivity contribution >= 4 is 27.6 Å². The molecule has 1 aromatic carbocycles. The second-order valence-corrected chi connectivity index (χ2v) is 3.07. The van der Waals surface area contributed by atoms with Gasteiger partial charge < -0.3 is 10.8 Å². The van der Waals surface area contributed by atoms with Crippen molar-refractivity contribution in [3.63, 3.8) is 0 Å². The van der Waals surface area contributed by atoms with E-state index >= 15 is 0 Å². The Morgan fingerprint density at radius 3 is 2.58 bits per heavy atom. The second kappa shape index (κ2) is 3.10. The molecule has 0 radical (unpaired) electrons. The van der Waals surface area contributed by atoms with E-state index in [0.29, 0.717) is 4.47 Å². The normalized spacial score (nSPS) is 9.83. The largest absolute Gasteiger partial charge is 0.478 e. The Kier molecular flexibility index (Phi) is 2.32. The van der Waals surface area contributed by atoms with Gasteiger partial charge >= 0.3 is 5.97 Å². The number of benzene rings is 1. The molecule has 12 heavy (non-hydrogen) atoms. The number of hydrogen-bond donors (Lipinski definition) is 2. The fourth-order valence-corrected chi connectivity index (χ4v) is 1.27. The molecule has 0 aliphatic rings. The zero-order valence-electron chi connectivity index (χ0n) is 5.84. The Morgan fingerprint density at radius 1 is 1.58 bits per heavy atom. The summed E-state index contributed by atoms with van der Waals surface area (Å²) in [5, 5.41) is 8.50. The topological polar surface area (TPSA) is 63.3 Å². The van der Waals surface area contributed by atoms with Crippen molar-refractivity contribution in [2.45, 2.75) is 0 Å². The SMILES string of the molecule is Nc1cc(Br)cc(F)c1C(=O)O. The summed E-state index contributed by atoms with van der Waals surface area (Å²) in [5.74, 6) is -2.20. The van der Waals surface area contributed by atoms with Gasteiger partial charge in [-0.2, -0.15) is 0 Å². The fraction of sp³-hybridized carbons (Fsp3) is 0. The van der Waals surface area contributed by atoms with Crippen LogP contribution in [0, 0.1) is 5.82 Å². The summed E-state index contributed by atoms with van der Waals surface area (Å²) >= 11 is 2.98. The molecule has 0 aliphatic heterocycles. The third kappa shape index (κ3) is 1.55. The molecule has 0 heterocycles. The molecule has 0 spiro atoms. The molecule has 1 aromatic rings. The molecular weight excluding hydrogens is 229 g/mol. The number of carbonyl (C=O) groups is 1. The van der Waals surface area contributed by atoms with Crippen LogP contribution in [-0.4, -0.2) is 11.1 Å². The van der Waals surface area contributed by atoms with Gasteiger partial charge in [-0.05, 0) is 12.1 Å². The molecule has 0 fully saturated rings. The summed E-state index contributed by atoms with van der Waals surface area (Å²) < 4.78 is 13.3. The van der Waals surface area contributed by atoms with E-state index in [4.69, 9.17) is 10.8 Å². The lowest BCUT2D eigenvalue weighted by molar-refractivity contribution is 0.0693. The minimum Gasteiger partial charge on any atom is -0.478 e. The van der Waals surface area contributed by atoms with E-state index < -0.39 is 17.3 Å². The number of rotatable bonds is 1. The number of carboxylic acids is 1. The smallest absolute Gasteiger partial charge is 0.340 e. The Labute approximate surface area is 76.1 Å². The van der Waals surface area contributed by atoms with E-state index in [9.17, 15) is 9.18 Å². The molecule has 3 nitrogen and oxygen atoms in total. The Bertz CT molecular complexity index is 317. The zero-order chi connectivity index (χ0) is 9.30. The van der Waals surface area contributed by atoms with Crippen molar-refractivity contribution < 1.29 is 14.3 Å². The number of anilines is 1. The van der Waals surface area contributed by atoms with E-state index in [1.165, 1.54) is 6.07 Å². The van der Waals surface area contributed by atoms with Crippen molar-refractivity contribution in [3.8, 4) is 0 Å². The molecule has 3 N–H and O–H groups in total. The first kappa shape index (κ1) is 8.99. The van der Waals surface area contributed by atoms with E-state index in [0.717, 1.165) is 6.07 Å². The highest BCUT2D eigenvalue weighted by Crippen LogP contribution is 2.22. The molecule has 0 saturated heterocycles. The monoisotopic (exact) mass is 233 g/mol. The molecule has 0 unspecified atom stereocenters. The summed E-state index contributed by atoms with van der Waals surface area (Å²) in [4.78, 5) is 10.4. The number of hydrogen-bond acceptors (Lipinski definition) is 2. The van der Waals surface area contributed by atoms with Gasteiger partial charge in [0.2, 0.25) is 0 Å². The third-order valence-electron chi connectivity index (χ3n) is 1.30. The minimum absolute atomic E-state index is 0.0885. The maximum atomic E-state index is 12.9. The predicted octanol–water partition coefficient (Wildman–Crippen LogP) is 1.87. The van der Waals surface area contributed by atoms with Gasteiger partial charge in [0.15, 0.2) is 0 Å². The first-order valence-electron chi connectivity index (χ1n) is 3.00. The van der Waals surface area contributed by atoms with Crippen LogP contribution in [0.4, 0.5) is 10.1 Å². The van der Waals surface area contributed by atoms with Gasteiger partial charge in [-0.1, -0.05) is 15.9 Å². The maximum absolute atomic E-state index is 12.9. The number of aromatic carboxylic acids is 1. The Balaban J connectivity index is 3.38. The summed E-state index contributed by atoms with van der Waals surface area (Å²) in [6.45, 7) is 0. The molecule has 0 aliphatic carbocycles. The van der Waals surface area contributed by atoms with Crippen LogP contribution in [-0.2, 0) is 0 Å². The van der Waals surface area contributed by atoms with Crippen molar-refractivity contribution in [1.82, 2.24) is 0 Å². The van der Waals surface area contributed by atoms with Gasteiger partial charge in [0.1, 0.15) is 11.4 Å².